The molecule has 2 saturated heterocycles. The second-order valence-corrected chi connectivity index (χ2v) is 4.02. The first kappa shape index (κ1) is 8.05. The van der Waals surface area contributed by atoms with Crippen LogP contribution in [0.1, 0.15) is 32.6 Å². The van der Waals surface area contributed by atoms with Gasteiger partial charge in [0, 0.05) is 6.04 Å². The summed E-state index contributed by atoms with van der Waals surface area (Å²) in [6, 6.07) is 0.476. The van der Waals surface area contributed by atoms with Gasteiger partial charge in [0.05, 0.1) is 0 Å². The summed E-state index contributed by atoms with van der Waals surface area (Å²) in [7, 11) is 0. The maximum absolute atomic E-state index is 11.1. The summed E-state index contributed by atoms with van der Waals surface area (Å²) in [5, 5.41) is 9.15. The van der Waals surface area contributed by atoms with Gasteiger partial charge in [-0.1, -0.05) is 0 Å². The van der Waals surface area contributed by atoms with Gasteiger partial charge in [-0.15, -0.1) is 0 Å². The standard InChI is InChI=1S/C9H15NO2/c1-7-3-5-9(8(11)12)4-2-6-10(7)9/h7H,2-6H2,1H3,(H,11,12). The molecule has 68 valence electrons. The average Bonchev–Trinajstić information content (AvgIpc) is 2.53. The number of hydrogen-bond acceptors (Lipinski definition) is 2. The van der Waals surface area contributed by atoms with Crippen LogP contribution in [-0.2, 0) is 4.79 Å². The number of carboxylic acid groups (broad SMARTS) is 1. The monoisotopic (exact) mass is 169 g/mol. The maximum Gasteiger partial charge on any atom is 0.324 e. The molecule has 0 saturated carbocycles. The Balaban J connectivity index is 2.29. The summed E-state index contributed by atoms with van der Waals surface area (Å²) < 4.78 is 0. The third-order valence-corrected chi connectivity index (χ3v) is 3.45. The molecule has 3 nitrogen and oxygen atoms in total. The van der Waals surface area contributed by atoms with Crippen molar-refractivity contribution >= 4 is 5.97 Å². The van der Waals surface area contributed by atoms with Crippen molar-refractivity contribution in [3.05, 3.63) is 0 Å². The van der Waals surface area contributed by atoms with Crippen LogP contribution in [0.5, 0.6) is 0 Å². The van der Waals surface area contributed by atoms with Crippen molar-refractivity contribution < 1.29 is 9.90 Å². The summed E-state index contributed by atoms with van der Waals surface area (Å²) in [5.41, 5.74) is -0.473. The molecule has 0 aromatic carbocycles. The Morgan fingerprint density at radius 1 is 1.58 bits per heavy atom. The predicted octanol–water partition coefficient (Wildman–Crippen LogP) is 1.09. The molecule has 2 aliphatic heterocycles. The maximum atomic E-state index is 11.1. The van der Waals surface area contributed by atoms with Crippen LogP contribution in [0.25, 0.3) is 0 Å². The number of fused-ring (bicyclic) bond motifs is 1. The molecule has 2 unspecified atom stereocenters. The fourth-order valence-electron chi connectivity index (χ4n) is 2.75. The van der Waals surface area contributed by atoms with Gasteiger partial charge in [-0.2, -0.15) is 0 Å². The normalized spacial score (nSPS) is 41.6. The van der Waals surface area contributed by atoms with E-state index in [9.17, 15) is 4.79 Å². The molecule has 0 aliphatic carbocycles. The number of carbonyl (C=O) groups is 1. The molecule has 2 rings (SSSR count). The van der Waals surface area contributed by atoms with E-state index in [1.807, 2.05) is 0 Å². The lowest BCUT2D eigenvalue weighted by Crippen LogP contribution is -2.47. The van der Waals surface area contributed by atoms with Crippen molar-refractivity contribution in [2.45, 2.75) is 44.2 Å². The minimum absolute atomic E-state index is 0.473. The third-order valence-electron chi connectivity index (χ3n) is 3.45. The molecule has 12 heavy (non-hydrogen) atoms. The second kappa shape index (κ2) is 2.46. The zero-order valence-corrected chi connectivity index (χ0v) is 7.42. The summed E-state index contributed by atoms with van der Waals surface area (Å²) in [6.45, 7) is 3.11. The Bertz CT molecular complexity index is 217. The highest BCUT2D eigenvalue weighted by atomic mass is 16.4. The van der Waals surface area contributed by atoms with E-state index >= 15 is 0 Å². The molecule has 2 aliphatic rings. The van der Waals surface area contributed by atoms with Crippen molar-refractivity contribution in [2.24, 2.45) is 0 Å². The first-order valence-electron chi connectivity index (χ1n) is 4.67. The minimum atomic E-state index is -0.607. The number of aliphatic carboxylic acids is 1. The summed E-state index contributed by atoms with van der Waals surface area (Å²) >= 11 is 0. The van der Waals surface area contributed by atoms with Crippen LogP contribution in [0.3, 0.4) is 0 Å². The molecule has 1 N–H and O–H groups in total. The van der Waals surface area contributed by atoms with Gasteiger partial charge in [-0.3, -0.25) is 9.69 Å². The molecule has 0 amide bonds. The Morgan fingerprint density at radius 3 is 2.92 bits per heavy atom. The van der Waals surface area contributed by atoms with E-state index in [2.05, 4.69) is 11.8 Å². The third kappa shape index (κ3) is 0.829. The van der Waals surface area contributed by atoms with Crippen LogP contribution in [0, 0.1) is 0 Å². The largest absolute Gasteiger partial charge is 0.480 e. The van der Waals surface area contributed by atoms with Gasteiger partial charge in [0.2, 0.25) is 0 Å². The first-order chi connectivity index (χ1) is 5.67. The molecule has 2 heterocycles. The molecule has 0 radical (unpaired) electrons. The predicted molar refractivity (Wildman–Crippen MR) is 45.0 cm³/mol. The molecule has 0 spiro atoms. The number of hydrogen-bond donors (Lipinski definition) is 1. The molecule has 0 bridgehead atoms. The van der Waals surface area contributed by atoms with Crippen molar-refractivity contribution in [2.75, 3.05) is 6.54 Å². The van der Waals surface area contributed by atoms with E-state index in [0.717, 1.165) is 32.2 Å². The Hall–Kier alpha value is -0.570. The van der Waals surface area contributed by atoms with Gasteiger partial charge < -0.3 is 5.11 Å². The number of rotatable bonds is 1. The van der Waals surface area contributed by atoms with E-state index in [-0.39, 0.29) is 0 Å². The zero-order valence-electron chi connectivity index (χ0n) is 7.42. The lowest BCUT2D eigenvalue weighted by Gasteiger charge is -2.29. The fourth-order valence-corrected chi connectivity index (χ4v) is 2.75. The number of nitrogens with zero attached hydrogens (tertiary/aromatic N) is 1. The molecule has 0 aromatic rings. The quantitative estimate of drug-likeness (QED) is 0.638. The smallest absolute Gasteiger partial charge is 0.324 e. The van der Waals surface area contributed by atoms with E-state index in [1.54, 1.807) is 0 Å². The molecule has 2 atom stereocenters. The van der Waals surface area contributed by atoms with Crippen LogP contribution < -0.4 is 0 Å². The van der Waals surface area contributed by atoms with Crippen LogP contribution in [0.2, 0.25) is 0 Å². The molecular formula is C9H15NO2. The van der Waals surface area contributed by atoms with Crippen molar-refractivity contribution in [3.63, 3.8) is 0 Å². The van der Waals surface area contributed by atoms with Crippen molar-refractivity contribution in [1.82, 2.24) is 4.90 Å². The highest BCUT2D eigenvalue weighted by Crippen LogP contribution is 2.42. The van der Waals surface area contributed by atoms with Gasteiger partial charge in [-0.25, -0.2) is 0 Å². The van der Waals surface area contributed by atoms with E-state index in [4.69, 9.17) is 5.11 Å². The molecule has 3 heteroatoms. The van der Waals surface area contributed by atoms with Gasteiger partial charge in [0.1, 0.15) is 5.54 Å². The second-order valence-electron chi connectivity index (χ2n) is 4.02. The lowest BCUT2D eigenvalue weighted by molar-refractivity contribution is -0.148. The topological polar surface area (TPSA) is 40.5 Å². The lowest BCUT2D eigenvalue weighted by atomic mass is 9.94. The van der Waals surface area contributed by atoms with Crippen LogP contribution in [-0.4, -0.2) is 34.1 Å². The summed E-state index contributed by atoms with van der Waals surface area (Å²) in [5.74, 6) is -0.607. The van der Waals surface area contributed by atoms with Gasteiger partial charge in [0.15, 0.2) is 0 Å². The highest BCUT2D eigenvalue weighted by molar-refractivity contribution is 5.79. The van der Waals surface area contributed by atoms with Crippen LogP contribution in [0.4, 0.5) is 0 Å². The van der Waals surface area contributed by atoms with Gasteiger partial charge in [0.25, 0.3) is 0 Å². The fraction of sp³-hybridized carbons (Fsp3) is 0.889. The van der Waals surface area contributed by atoms with Gasteiger partial charge in [-0.05, 0) is 39.2 Å². The summed E-state index contributed by atoms with van der Waals surface area (Å²) in [6.07, 6.45) is 3.80. The first-order valence-corrected chi connectivity index (χ1v) is 4.67. The Kier molecular flexibility index (Phi) is 1.65. The van der Waals surface area contributed by atoms with Crippen molar-refractivity contribution in [3.8, 4) is 0 Å². The van der Waals surface area contributed by atoms with E-state index < -0.39 is 11.5 Å². The number of carboxylic acids is 1. The molecule has 2 fully saturated rings. The average molecular weight is 169 g/mol. The van der Waals surface area contributed by atoms with E-state index in [1.165, 1.54) is 0 Å². The Morgan fingerprint density at radius 2 is 2.33 bits per heavy atom. The van der Waals surface area contributed by atoms with Gasteiger partial charge >= 0.3 is 5.97 Å². The molecule has 0 aromatic heterocycles. The SMILES string of the molecule is CC1CCC2(C(=O)O)CCCN12. The molecular weight excluding hydrogens is 154 g/mol. The highest BCUT2D eigenvalue weighted by Gasteiger charge is 2.52. The minimum Gasteiger partial charge on any atom is -0.480 e. The van der Waals surface area contributed by atoms with E-state index in [0.29, 0.717) is 6.04 Å². The van der Waals surface area contributed by atoms with Crippen molar-refractivity contribution in [1.29, 1.82) is 0 Å². The van der Waals surface area contributed by atoms with Crippen LogP contribution >= 0.6 is 0 Å². The Labute approximate surface area is 72.4 Å². The summed E-state index contributed by atoms with van der Waals surface area (Å²) in [4.78, 5) is 13.3. The zero-order chi connectivity index (χ0) is 8.77. The van der Waals surface area contributed by atoms with Crippen LogP contribution in [0.15, 0.2) is 0 Å².